The normalized spacial score (nSPS) is 21.4. The fraction of sp³-hybridized carbons (Fsp3) is 0.750. The smallest absolute Gasteiger partial charge is 0.412 e. The molecule has 0 spiro atoms. The van der Waals surface area contributed by atoms with E-state index in [1.807, 2.05) is 0 Å². The number of hydroxylamine groups is 2. The van der Waals surface area contributed by atoms with E-state index in [9.17, 15) is 10.0 Å². The standard InChI is InChI=1S/C12H22N2O5/c1-11(2)5-9(12(3,4)14(11)18)19-10(17)13-8(6-15)7-16/h5,8,15-16,18H,6-7H2,1-4H3,(H,13,17). The number of carbonyl (C=O) groups excluding carboxylic acids is 1. The monoisotopic (exact) mass is 274 g/mol. The molecule has 110 valence electrons. The summed E-state index contributed by atoms with van der Waals surface area (Å²) in [6, 6.07) is -0.768. The molecule has 0 atom stereocenters. The third kappa shape index (κ3) is 3.24. The van der Waals surface area contributed by atoms with Crippen molar-refractivity contribution in [1.29, 1.82) is 0 Å². The van der Waals surface area contributed by atoms with Crippen molar-refractivity contribution in [3.63, 3.8) is 0 Å². The molecule has 1 rings (SSSR count). The fourth-order valence-electron chi connectivity index (χ4n) is 1.98. The van der Waals surface area contributed by atoms with E-state index in [-0.39, 0.29) is 13.2 Å². The maximum atomic E-state index is 11.6. The van der Waals surface area contributed by atoms with E-state index in [1.54, 1.807) is 33.8 Å². The summed E-state index contributed by atoms with van der Waals surface area (Å²) in [5, 5.41) is 31.2. The van der Waals surface area contributed by atoms with Crippen LogP contribution in [0.25, 0.3) is 0 Å². The Bertz CT molecular complexity index is 374. The molecule has 0 unspecified atom stereocenters. The van der Waals surface area contributed by atoms with E-state index in [2.05, 4.69) is 5.32 Å². The number of nitrogens with one attached hydrogen (secondary N) is 1. The minimum Gasteiger partial charge on any atom is -0.413 e. The molecule has 0 saturated heterocycles. The van der Waals surface area contributed by atoms with Gasteiger partial charge >= 0.3 is 6.09 Å². The summed E-state index contributed by atoms with van der Waals surface area (Å²) in [7, 11) is 0. The maximum Gasteiger partial charge on any atom is 0.412 e. The van der Waals surface area contributed by atoms with Gasteiger partial charge in [0.15, 0.2) is 0 Å². The van der Waals surface area contributed by atoms with Crippen LogP contribution in [0.4, 0.5) is 4.79 Å². The highest BCUT2D eigenvalue weighted by Gasteiger charge is 2.47. The third-order valence-electron chi connectivity index (χ3n) is 3.13. The highest BCUT2D eigenvalue weighted by molar-refractivity contribution is 5.69. The van der Waals surface area contributed by atoms with Gasteiger partial charge in [-0.1, -0.05) is 0 Å². The second kappa shape index (κ2) is 5.46. The van der Waals surface area contributed by atoms with Gasteiger partial charge in [-0.25, -0.2) is 4.79 Å². The molecule has 1 heterocycles. The van der Waals surface area contributed by atoms with Crippen LogP contribution in [0, 0.1) is 0 Å². The molecule has 0 aromatic rings. The van der Waals surface area contributed by atoms with E-state index in [0.29, 0.717) is 5.76 Å². The summed E-state index contributed by atoms with van der Waals surface area (Å²) in [6.45, 7) is 6.24. The molecule has 7 nitrogen and oxygen atoms in total. The summed E-state index contributed by atoms with van der Waals surface area (Å²) >= 11 is 0. The Hall–Kier alpha value is -1.15. The summed E-state index contributed by atoms with van der Waals surface area (Å²) in [5.74, 6) is 0.312. The first-order chi connectivity index (χ1) is 8.65. The third-order valence-corrected chi connectivity index (χ3v) is 3.13. The van der Waals surface area contributed by atoms with Crippen LogP contribution in [0.2, 0.25) is 0 Å². The van der Waals surface area contributed by atoms with Crippen molar-refractivity contribution in [3.8, 4) is 0 Å². The summed E-state index contributed by atoms with van der Waals surface area (Å²) in [4.78, 5) is 11.6. The van der Waals surface area contributed by atoms with Gasteiger partial charge in [0.1, 0.15) is 5.76 Å². The molecule has 0 aliphatic carbocycles. The number of hydrogen-bond donors (Lipinski definition) is 4. The number of carbonyl (C=O) groups is 1. The Morgan fingerprint density at radius 3 is 2.26 bits per heavy atom. The predicted octanol–water partition coefficient (Wildman–Crippen LogP) is 0.212. The van der Waals surface area contributed by atoms with Crippen LogP contribution in [-0.2, 0) is 4.74 Å². The maximum absolute atomic E-state index is 11.6. The largest absolute Gasteiger partial charge is 0.413 e. The Balaban J connectivity index is 2.74. The van der Waals surface area contributed by atoms with Crippen molar-refractivity contribution in [3.05, 3.63) is 11.8 Å². The first-order valence-electron chi connectivity index (χ1n) is 6.07. The van der Waals surface area contributed by atoms with Gasteiger partial charge < -0.3 is 25.5 Å². The van der Waals surface area contributed by atoms with E-state index in [4.69, 9.17) is 14.9 Å². The number of amides is 1. The molecule has 1 aliphatic rings. The zero-order chi connectivity index (χ0) is 14.8. The van der Waals surface area contributed by atoms with Crippen molar-refractivity contribution in [1.82, 2.24) is 10.4 Å². The Morgan fingerprint density at radius 2 is 1.89 bits per heavy atom. The van der Waals surface area contributed by atoms with Gasteiger partial charge in [0.05, 0.1) is 30.3 Å². The van der Waals surface area contributed by atoms with Crippen molar-refractivity contribution in [2.75, 3.05) is 13.2 Å². The number of hydrogen-bond acceptors (Lipinski definition) is 6. The van der Waals surface area contributed by atoms with Gasteiger partial charge in [-0.2, -0.15) is 5.06 Å². The van der Waals surface area contributed by atoms with Gasteiger partial charge in [0, 0.05) is 0 Å². The fourth-order valence-corrected chi connectivity index (χ4v) is 1.98. The first kappa shape index (κ1) is 15.9. The number of alkyl carbamates (subject to hydrolysis) is 1. The average molecular weight is 274 g/mol. The highest BCUT2D eigenvalue weighted by atomic mass is 16.6. The second-order valence-corrected chi connectivity index (χ2v) is 5.63. The molecule has 4 N–H and O–H groups in total. The molecule has 19 heavy (non-hydrogen) atoms. The van der Waals surface area contributed by atoms with Crippen molar-refractivity contribution >= 4 is 6.09 Å². The predicted molar refractivity (Wildman–Crippen MR) is 67.4 cm³/mol. The highest BCUT2D eigenvalue weighted by Crippen LogP contribution is 2.38. The van der Waals surface area contributed by atoms with E-state index >= 15 is 0 Å². The number of nitrogens with zero attached hydrogens (tertiary/aromatic N) is 1. The Morgan fingerprint density at radius 1 is 1.37 bits per heavy atom. The van der Waals surface area contributed by atoms with Crippen LogP contribution in [0.5, 0.6) is 0 Å². The minimum atomic E-state index is -0.839. The van der Waals surface area contributed by atoms with Crippen LogP contribution >= 0.6 is 0 Å². The minimum absolute atomic E-state index is 0.312. The Kier molecular flexibility index (Phi) is 4.57. The van der Waals surface area contributed by atoms with Gasteiger partial charge in [-0.15, -0.1) is 0 Å². The van der Waals surface area contributed by atoms with Crippen molar-refractivity contribution in [2.45, 2.75) is 44.8 Å². The number of ether oxygens (including phenoxy) is 1. The quantitative estimate of drug-likeness (QED) is 0.584. The van der Waals surface area contributed by atoms with E-state index in [0.717, 1.165) is 5.06 Å². The van der Waals surface area contributed by atoms with Crippen LogP contribution < -0.4 is 5.32 Å². The molecule has 1 amide bonds. The number of aliphatic hydroxyl groups excluding tert-OH is 2. The van der Waals surface area contributed by atoms with Crippen molar-refractivity contribution in [2.24, 2.45) is 0 Å². The molecule has 0 radical (unpaired) electrons. The molecule has 0 fully saturated rings. The van der Waals surface area contributed by atoms with Gasteiger partial charge in [-0.05, 0) is 33.8 Å². The topological polar surface area (TPSA) is 102 Å². The average Bonchev–Trinajstić information content (AvgIpc) is 2.47. The number of rotatable bonds is 4. The first-order valence-corrected chi connectivity index (χ1v) is 6.07. The van der Waals surface area contributed by atoms with Crippen LogP contribution in [-0.4, -0.2) is 56.9 Å². The summed E-state index contributed by atoms with van der Waals surface area (Å²) in [6.07, 6.45) is 0.873. The van der Waals surface area contributed by atoms with Crippen LogP contribution in [0.1, 0.15) is 27.7 Å². The Labute approximate surface area is 112 Å². The zero-order valence-corrected chi connectivity index (χ0v) is 11.7. The summed E-state index contributed by atoms with van der Waals surface area (Å²) < 4.78 is 5.15. The van der Waals surface area contributed by atoms with Gasteiger partial charge in [0.2, 0.25) is 0 Å². The lowest BCUT2D eigenvalue weighted by atomic mass is 10.1. The second-order valence-electron chi connectivity index (χ2n) is 5.63. The lowest BCUT2D eigenvalue weighted by molar-refractivity contribution is -0.190. The molecule has 1 aliphatic heterocycles. The number of aliphatic hydroxyl groups is 2. The SMILES string of the molecule is CC1(C)C=C(OC(=O)NC(CO)CO)C(C)(C)N1O. The molecule has 0 aromatic carbocycles. The van der Waals surface area contributed by atoms with Gasteiger partial charge in [0.25, 0.3) is 0 Å². The van der Waals surface area contributed by atoms with E-state index < -0.39 is 23.2 Å². The van der Waals surface area contributed by atoms with Gasteiger partial charge in [-0.3, -0.25) is 0 Å². The van der Waals surface area contributed by atoms with E-state index in [1.165, 1.54) is 0 Å². The molecular formula is C12H22N2O5. The molecule has 0 aromatic heterocycles. The zero-order valence-electron chi connectivity index (χ0n) is 11.7. The lowest BCUT2D eigenvalue weighted by Gasteiger charge is -2.35. The molecule has 0 saturated carbocycles. The molecule has 7 heteroatoms. The van der Waals surface area contributed by atoms with Crippen LogP contribution in [0.15, 0.2) is 11.8 Å². The summed E-state index contributed by atoms with van der Waals surface area (Å²) in [5.41, 5.74) is -1.48. The molecule has 0 bridgehead atoms. The van der Waals surface area contributed by atoms with Crippen LogP contribution in [0.3, 0.4) is 0 Å². The van der Waals surface area contributed by atoms with Crippen molar-refractivity contribution < 1.29 is 25.0 Å². The molecular weight excluding hydrogens is 252 g/mol. The lowest BCUT2D eigenvalue weighted by Crippen LogP contribution is -2.48.